The monoisotopic (exact) mass is 388 g/mol. The number of halogens is 3. The first-order chi connectivity index (χ1) is 9.88. The third-order valence-electron chi connectivity index (χ3n) is 2.96. The summed E-state index contributed by atoms with van der Waals surface area (Å²) in [4.78, 5) is 10.4. The van der Waals surface area contributed by atoms with Gasteiger partial charge in [0.25, 0.3) is 5.69 Å². The van der Waals surface area contributed by atoms with E-state index in [0.717, 1.165) is 10.0 Å². The van der Waals surface area contributed by atoms with E-state index in [1.807, 2.05) is 19.1 Å². The maximum atomic E-state index is 10.8. The van der Waals surface area contributed by atoms with Gasteiger partial charge in [0.1, 0.15) is 0 Å². The average molecular weight is 390 g/mol. The van der Waals surface area contributed by atoms with Gasteiger partial charge in [0.05, 0.1) is 21.7 Å². The van der Waals surface area contributed by atoms with Gasteiger partial charge in [-0.15, -0.1) is 0 Å². The maximum absolute atomic E-state index is 10.8. The van der Waals surface area contributed by atoms with Crippen molar-refractivity contribution in [3.05, 3.63) is 66.6 Å². The Kier molecular flexibility index (Phi) is 5.08. The summed E-state index contributed by atoms with van der Waals surface area (Å²) in [5, 5.41) is 15.0. The zero-order chi connectivity index (χ0) is 15.6. The number of nitrogens with zero attached hydrogens (tertiary/aromatic N) is 1. The van der Waals surface area contributed by atoms with E-state index in [1.165, 1.54) is 18.2 Å². The van der Waals surface area contributed by atoms with Gasteiger partial charge in [0, 0.05) is 21.6 Å². The fourth-order valence-electron chi connectivity index (χ4n) is 1.90. The Morgan fingerprint density at radius 1 is 1.19 bits per heavy atom. The molecule has 0 amide bonds. The highest BCUT2D eigenvalue weighted by Gasteiger charge is 2.14. The van der Waals surface area contributed by atoms with Crippen LogP contribution >= 0.6 is 39.1 Å². The Labute approximate surface area is 140 Å². The summed E-state index contributed by atoms with van der Waals surface area (Å²) in [6, 6.07) is 9.69. The molecular weight excluding hydrogens is 379 g/mol. The van der Waals surface area contributed by atoms with Gasteiger partial charge in [-0.05, 0) is 30.7 Å². The lowest BCUT2D eigenvalue weighted by Crippen LogP contribution is -2.08. The fourth-order valence-corrected chi connectivity index (χ4v) is 2.91. The number of nitrogens with one attached hydrogen (secondary N) is 1. The standard InChI is InChI=1S/C14H11BrCl2N2O2/c1-8(11-4-2-9(15)6-13(11)17)18-14-7-10(19(20)21)3-5-12(14)16/h2-8,18H,1H3. The van der Waals surface area contributed by atoms with E-state index < -0.39 is 4.92 Å². The lowest BCUT2D eigenvalue weighted by Gasteiger charge is -2.18. The summed E-state index contributed by atoms with van der Waals surface area (Å²) < 4.78 is 0.886. The van der Waals surface area contributed by atoms with Crippen molar-refractivity contribution in [1.29, 1.82) is 0 Å². The van der Waals surface area contributed by atoms with Gasteiger partial charge in [-0.3, -0.25) is 10.1 Å². The molecule has 2 aromatic carbocycles. The van der Waals surface area contributed by atoms with E-state index in [9.17, 15) is 10.1 Å². The Hall–Kier alpha value is -1.30. The Morgan fingerprint density at radius 2 is 1.90 bits per heavy atom. The van der Waals surface area contributed by atoms with E-state index in [4.69, 9.17) is 23.2 Å². The molecule has 2 rings (SSSR count). The second-order valence-corrected chi connectivity index (χ2v) is 6.18. The van der Waals surface area contributed by atoms with Crippen LogP contribution in [0.25, 0.3) is 0 Å². The predicted molar refractivity (Wildman–Crippen MR) is 89.3 cm³/mol. The number of rotatable bonds is 4. The smallest absolute Gasteiger partial charge is 0.271 e. The van der Waals surface area contributed by atoms with E-state index in [1.54, 1.807) is 6.07 Å². The molecule has 1 atom stereocenters. The Balaban J connectivity index is 2.28. The lowest BCUT2D eigenvalue weighted by atomic mass is 10.1. The Bertz CT molecular complexity index is 695. The molecule has 0 aliphatic rings. The third-order valence-corrected chi connectivity index (χ3v) is 4.11. The summed E-state index contributed by atoms with van der Waals surface area (Å²) >= 11 is 15.6. The van der Waals surface area contributed by atoms with Crippen molar-refractivity contribution < 1.29 is 4.92 Å². The topological polar surface area (TPSA) is 55.2 Å². The minimum atomic E-state index is -0.460. The van der Waals surface area contributed by atoms with Crippen LogP contribution in [0.2, 0.25) is 10.0 Å². The first kappa shape index (κ1) is 16.1. The first-order valence-electron chi connectivity index (χ1n) is 6.04. The number of hydrogen-bond donors (Lipinski definition) is 1. The van der Waals surface area contributed by atoms with Crippen molar-refractivity contribution in [3.8, 4) is 0 Å². The summed E-state index contributed by atoms with van der Waals surface area (Å²) in [5.41, 5.74) is 1.36. The molecule has 0 bridgehead atoms. The normalized spacial score (nSPS) is 12.0. The highest BCUT2D eigenvalue weighted by atomic mass is 79.9. The van der Waals surface area contributed by atoms with Crippen LogP contribution in [0, 0.1) is 10.1 Å². The lowest BCUT2D eigenvalue weighted by molar-refractivity contribution is -0.384. The molecule has 0 saturated heterocycles. The molecule has 0 spiro atoms. The van der Waals surface area contributed by atoms with Gasteiger partial charge in [0.2, 0.25) is 0 Å². The number of anilines is 1. The average Bonchev–Trinajstić information content (AvgIpc) is 2.40. The van der Waals surface area contributed by atoms with Crippen molar-refractivity contribution in [2.75, 3.05) is 5.32 Å². The second-order valence-electron chi connectivity index (χ2n) is 4.45. The molecule has 0 aromatic heterocycles. The van der Waals surface area contributed by atoms with Crippen LogP contribution in [0.5, 0.6) is 0 Å². The molecule has 110 valence electrons. The van der Waals surface area contributed by atoms with Gasteiger partial charge < -0.3 is 5.32 Å². The molecule has 0 aliphatic carbocycles. The zero-order valence-corrected chi connectivity index (χ0v) is 14.0. The van der Waals surface area contributed by atoms with Crippen LogP contribution in [0.3, 0.4) is 0 Å². The summed E-state index contributed by atoms with van der Waals surface area (Å²) in [5.74, 6) is 0. The molecule has 1 N–H and O–H groups in total. The predicted octanol–water partition coefficient (Wildman–Crippen LogP) is 5.84. The van der Waals surface area contributed by atoms with Gasteiger partial charge >= 0.3 is 0 Å². The number of benzene rings is 2. The molecule has 0 aliphatic heterocycles. The highest BCUT2D eigenvalue weighted by Crippen LogP contribution is 2.32. The minimum absolute atomic E-state index is 0.0176. The molecule has 0 radical (unpaired) electrons. The largest absolute Gasteiger partial charge is 0.377 e. The molecule has 21 heavy (non-hydrogen) atoms. The van der Waals surface area contributed by atoms with Crippen molar-refractivity contribution >= 4 is 50.5 Å². The van der Waals surface area contributed by atoms with Crippen molar-refractivity contribution in [2.24, 2.45) is 0 Å². The van der Waals surface area contributed by atoms with E-state index in [2.05, 4.69) is 21.2 Å². The summed E-state index contributed by atoms with van der Waals surface area (Å²) in [6.07, 6.45) is 0. The number of nitro groups is 1. The number of nitro benzene ring substituents is 1. The Morgan fingerprint density at radius 3 is 2.52 bits per heavy atom. The van der Waals surface area contributed by atoms with E-state index in [-0.39, 0.29) is 11.7 Å². The van der Waals surface area contributed by atoms with Gasteiger partial charge in [-0.25, -0.2) is 0 Å². The number of hydrogen-bond acceptors (Lipinski definition) is 3. The molecular formula is C14H11BrCl2N2O2. The number of non-ortho nitro benzene ring substituents is 1. The summed E-state index contributed by atoms with van der Waals surface area (Å²) in [7, 11) is 0. The van der Waals surface area contributed by atoms with E-state index >= 15 is 0 Å². The molecule has 2 aromatic rings. The molecule has 1 unspecified atom stereocenters. The van der Waals surface area contributed by atoms with Crippen LogP contribution in [0.4, 0.5) is 11.4 Å². The van der Waals surface area contributed by atoms with Crippen molar-refractivity contribution in [1.82, 2.24) is 0 Å². The van der Waals surface area contributed by atoms with Crippen molar-refractivity contribution in [2.45, 2.75) is 13.0 Å². The molecule has 4 nitrogen and oxygen atoms in total. The molecule has 0 heterocycles. The van der Waals surface area contributed by atoms with Gasteiger partial charge in [-0.1, -0.05) is 45.2 Å². The maximum Gasteiger partial charge on any atom is 0.271 e. The van der Waals surface area contributed by atoms with Gasteiger partial charge in [0.15, 0.2) is 0 Å². The molecule has 0 saturated carbocycles. The fraction of sp³-hybridized carbons (Fsp3) is 0.143. The second kappa shape index (κ2) is 6.64. The quantitative estimate of drug-likeness (QED) is 0.528. The zero-order valence-electron chi connectivity index (χ0n) is 10.9. The molecule has 7 heteroatoms. The first-order valence-corrected chi connectivity index (χ1v) is 7.59. The van der Waals surface area contributed by atoms with E-state index in [0.29, 0.717) is 15.7 Å². The van der Waals surface area contributed by atoms with Crippen LogP contribution in [-0.2, 0) is 0 Å². The summed E-state index contributed by atoms with van der Waals surface area (Å²) in [6.45, 7) is 1.91. The highest BCUT2D eigenvalue weighted by molar-refractivity contribution is 9.10. The minimum Gasteiger partial charge on any atom is -0.377 e. The van der Waals surface area contributed by atoms with Gasteiger partial charge in [-0.2, -0.15) is 0 Å². The SMILES string of the molecule is CC(Nc1cc([N+](=O)[O-])ccc1Cl)c1ccc(Br)cc1Cl. The van der Waals surface area contributed by atoms with Crippen LogP contribution in [-0.4, -0.2) is 4.92 Å². The van der Waals surface area contributed by atoms with Crippen molar-refractivity contribution in [3.63, 3.8) is 0 Å². The molecule has 0 fully saturated rings. The van der Waals surface area contributed by atoms with Crippen LogP contribution in [0.15, 0.2) is 40.9 Å². The van der Waals surface area contributed by atoms with Crippen LogP contribution < -0.4 is 5.32 Å². The third kappa shape index (κ3) is 3.87. The van der Waals surface area contributed by atoms with Crippen LogP contribution in [0.1, 0.15) is 18.5 Å².